The Morgan fingerprint density at radius 3 is 2.88 bits per heavy atom. The minimum Gasteiger partial charge on any atom is -0.390 e. The van der Waals surface area contributed by atoms with Gasteiger partial charge in [0, 0.05) is 25.0 Å². The molecule has 0 radical (unpaired) electrons. The van der Waals surface area contributed by atoms with E-state index in [2.05, 4.69) is 17.0 Å². The van der Waals surface area contributed by atoms with Crippen molar-refractivity contribution in [3.63, 3.8) is 0 Å². The highest BCUT2D eigenvalue weighted by atomic mass is 16.3. The van der Waals surface area contributed by atoms with E-state index in [0.717, 1.165) is 25.8 Å². The first-order chi connectivity index (χ1) is 7.46. The molecule has 3 heteroatoms. The Kier molecular flexibility index (Phi) is 3.08. The van der Waals surface area contributed by atoms with Crippen LogP contribution >= 0.6 is 0 Å². The van der Waals surface area contributed by atoms with Crippen molar-refractivity contribution in [3.8, 4) is 0 Å². The predicted octanol–water partition coefficient (Wildman–Crippen LogP) is 1.99. The Morgan fingerprint density at radius 2 is 2.25 bits per heavy atom. The van der Waals surface area contributed by atoms with Crippen molar-refractivity contribution >= 4 is 0 Å². The van der Waals surface area contributed by atoms with Gasteiger partial charge in [-0.05, 0) is 50.7 Å². The van der Waals surface area contributed by atoms with Crippen molar-refractivity contribution < 1.29 is 5.11 Å². The fraction of sp³-hybridized carbons (Fsp3) is 0.692. The molecule has 0 saturated heterocycles. The van der Waals surface area contributed by atoms with Crippen LogP contribution in [0.5, 0.6) is 0 Å². The molecular formula is C13H22N2O. The van der Waals surface area contributed by atoms with Crippen LogP contribution in [0.2, 0.25) is 0 Å². The molecular weight excluding hydrogens is 200 g/mol. The lowest BCUT2D eigenvalue weighted by atomic mass is 9.92. The number of hydrogen-bond donors (Lipinski definition) is 2. The zero-order valence-electron chi connectivity index (χ0n) is 10.2. The number of aryl methyl sites for hydroxylation is 2. The van der Waals surface area contributed by atoms with Gasteiger partial charge >= 0.3 is 0 Å². The zero-order chi connectivity index (χ0) is 11.8. The van der Waals surface area contributed by atoms with E-state index in [1.807, 2.05) is 13.8 Å². The number of aromatic nitrogens is 1. The van der Waals surface area contributed by atoms with Gasteiger partial charge in [0.05, 0.1) is 5.60 Å². The molecule has 90 valence electrons. The molecule has 1 unspecified atom stereocenters. The Balaban J connectivity index is 2.07. The summed E-state index contributed by atoms with van der Waals surface area (Å²) in [6.45, 7) is 4.56. The van der Waals surface area contributed by atoms with Crippen molar-refractivity contribution in [3.05, 3.63) is 23.5 Å². The van der Waals surface area contributed by atoms with E-state index in [1.54, 1.807) is 0 Å². The Labute approximate surface area is 97.3 Å². The van der Waals surface area contributed by atoms with Gasteiger partial charge in [-0.25, -0.2) is 0 Å². The van der Waals surface area contributed by atoms with Gasteiger partial charge in [0.25, 0.3) is 0 Å². The zero-order valence-corrected chi connectivity index (χ0v) is 10.2. The summed E-state index contributed by atoms with van der Waals surface area (Å²) < 4.78 is 2.17. The van der Waals surface area contributed by atoms with Crippen molar-refractivity contribution in [1.29, 1.82) is 0 Å². The fourth-order valence-corrected chi connectivity index (χ4v) is 2.32. The molecule has 0 aliphatic heterocycles. The van der Waals surface area contributed by atoms with Gasteiger partial charge in [-0.3, -0.25) is 0 Å². The minimum atomic E-state index is -0.590. The van der Waals surface area contributed by atoms with Crippen molar-refractivity contribution in [2.45, 2.75) is 57.7 Å². The molecule has 1 aliphatic carbocycles. The third-order valence-corrected chi connectivity index (χ3v) is 3.34. The number of aliphatic hydroxyl groups is 1. The van der Waals surface area contributed by atoms with Crippen LogP contribution in [0.4, 0.5) is 0 Å². The summed E-state index contributed by atoms with van der Waals surface area (Å²) in [7, 11) is 0. The molecule has 3 nitrogen and oxygen atoms in total. The molecule has 1 aliphatic rings. The van der Waals surface area contributed by atoms with E-state index in [4.69, 9.17) is 5.73 Å². The maximum atomic E-state index is 9.70. The molecule has 1 heterocycles. The molecule has 0 bridgehead atoms. The van der Waals surface area contributed by atoms with Gasteiger partial charge in [0.2, 0.25) is 0 Å². The second-order valence-electron chi connectivity index (χ2n) is 5.54. The highest BCUT2D eigenvalue weighted by Gasteiger charge is 2.19. The number of fused-ring (bicyclic) bond motifs is 1. The van der Waals surface area contributed by atoms with Gasteiger partial charge in [0.1, 0.15) is 0 Å². The molecule has 0 saturated carbocycles. The van der Waals surface area contributed by atoms with Crippen LogP contribution in [0.1, 0.15) is 50.3 Å². The summed E-state index contributed by atoms with van der Waals surface area (Å²) in [6.07, 6.45) is 8.57. The summed E-state index contributed by atoms with van der Waals surface area (Å²) in [5, 5.41) is 9.70. The van der Waals surface area contributed by atoms with E-state index < -0.39 is 5.60 Å². The lowest BCUT2D eigenvalue weighted by Crippen LogP contribution is -2.20. The smallest absolute Gasteiger partial charge is 0.0608 e. The molecule has 0 aromatic carbocycles. The summed E-state index contributed by atoms with van der Waals surface area (Å²) in [6, 6.07) is 0.215. The predicted molar refractivity (Wildman–Crippen MR) is 65.2 cm³/mol. The van der Waals surface area contributed by atoms with Gasteiger partial charge in [-0.2, -0.15) is 0 Å². The monoisotopic (exact) mass is 222 g/mol. The van der Waals surface area contributed by atoms with E-state index in [0.29, 0.717) is 0 Å². The van der Waals surface area contributed by atoms with Crippen molar-refractivity contribution in [1.82, 2.24) is 4.57 Å². The van der Waals surface area contributed by atoms with Crippen LogP contribution in [-0.2, 0) is 13.0 Å². The van der Waals surface area contributed by atoms with Crippen LogP contribution in [0.15, 0.2) is 12.4 Å². The second kappa shape index (κ2) is 4.22. The topological polar surface area (TPSA) is 51.2 Å². The van der Waals surface area contributed by atoms with Gasteiger partial charge < -0.3 is 15.4 Å². The summed E-state index contributed by atoms with van der Waals surface area (Å²) >= 11 is 0. The largest absolute Gasteiger partial charge is 0.390 e. The van der Waals surface area contributed by atoms with Crippen LogP contribution < -0.4 is 5.73 Å². The Hall–Kier alpha value is -0.800. The molecule has 1 aromatic rings. The number of nitrogens with two attached hydrogens (primary N) is 1. The standard InChI is InChI=1S/C13H22N2O/c1-13(2,16)6-7-15-8-10-4-3-5-12(14)11(10)9-15/h8-9,12,16H,3-7,14H2,1-2H3. The number of rotatable bonds is 3. The molecule has 1 atom stereocenters. The van der Waals surface area contributed by atoms with E-state index in [9.17, 15) is 5.11 Å². The fourth-order valence-electron chi connectivity index (χ4n) is 2.32. The van der Waals surface area contributed by atoms with Crippen LogP contribution in [0.3, 0.4) is 0 Å². The summed E-state index contributed by atoms with van der Waals surface area (Å²) in [4.78, 5) is 0. The van der Waals surface area contributed by atoms with Crippen LogP contribution in [-0.4, -0.2) is 15.3 Å². The Bertz CT molecular complexity index is 362. The average Bonchev–Trinajstić information content (AvgIpc) is 2.58. The summed E-state index contributed by atoms with van der Waals surface area (Å²) in [5.74, 6) is 0. The van der Waals surface area contributed by atoms with E-state index in [-0.39, 0.29) is 6.04 Å². The third kappa shape index (κ3) is 2.66. The first-order valence-corrected chi connectivity index (χ1v) is 6.12. The Morgan fingerprint density at radius 1 is 1.50 bits per heavy atom. The number of hydrogen-bond acceptors (Lipinski definition) is 2. The highest BCUT2D eigenvalue weighted by molar-refractivity contribution is 5.29. The minimum absolute atomic E-state index is 0.215. The first-order valence-electron chi connectivity index (χ1n) is 6.12. The maximum absolute atomic E-state index is 9.70. The van der Waals surface area contributed by atoms with Gasteiger partial charge in [-0.15, -0.1) is 0 Å². The number of nitrogens with zero attached hydrogens (tertiary/aromatic N) is 1. The molecule has 0 fully saturated rings. The van der Waals surface area contributed by atoms with Gasteiger partial charge in [0.15, 0.2) is 0 Å². The highest BCUT2D eigenvalue weighted by Crippen LogP contribution is 2.28. The lowest BCUT2D eigenvalue weighted by Gasteiger charge is -2.17. The molecule has 0 amide bonds. The van der Waals surface area contributed by atoms with Gasteiger partial charge in [-0.1, -0.05) is 0 Å². The van der Waals surface area contributed by atoms with E-state index in [1.165, 1.54) is 17.5 Å². The normalized spacial score (nSPS) is 20.9. The quantitative estimate of drug-likeness (QED) is 0.821. The first kappa shape index (κ1) is 11.7. The third-order valence-electron chi connectivity index (χ3n) is 3.34. The molecule has 16 heavy (non-hydrogen) atoms. The SMILES string of the molecule is CC(C)(O)CCn1cc2c(c1)C(N)CCC2. The lowest BCUT2D eigenvalue weighted by molar-refractivity contribution is 0.0662. The van der Waals surface area contributed by atoms with Crippen LogP contribution in [0, 0.1) is 0 Å². The van der Waals surface area contributed by atoms with Crippen molar-refractivity contribution in [2.75, 3.05) is 0 Å². The molecule has 1 aromatic heterocycles. The molecule has 3 N–H and O–H groups in total. The average molecular weight is 222 g/mol. The summed E-state index contributed by atoms with van der Waals surface area (Å²) in [5.41, 5.74) is 8.19. The van der Waals surface area contributed by atoms with E-state index >= 15 is 0 Å². The van der Waals surface area contributed by atoms with Crippen LogP contribution in [0.25, 0.3) is 0 Å². The maximum Gasteiger partial charge on any atom is 0.0608 e. The van der Waals surface area contributed by atoms with Crippen molar-refractivity contribution in [2.24, 2.45) is 5.73 Å². The molecule has 0 spiro atoms. The molecule has 2 rings (SSSR count). The second-order valence-corrected chi connectivity index (χ2v) is 5.54.